The zero-order chi connectivity index (χ0) is 7.84. The van der Waals surface area contributed by atoms with Gasteiger partial charge in [0.1, 0.15) is 16.0 Å². The van der Waals surface area contributed by atoms with Crippen molar-refractivity contribution in [1.29, 1.82) is 0 Å². The van der Waals surface area contributed by atoms with Crippen LogP contribution in [0.5, 0.6) is 5.75 Å². The molecule has 0 amide bonds. The van der Waals surface area contributed by atoms with E-state index < -0.39 is 0 Å². The molecular formula is C7H5BrN2O. The third-order valence-electron chi connectivity index (χ3n) is 1.44. The Morgan fingerprint density at radius 2 is 2.27 bits per heavy atom. The summed E-state index contributed by atoms with van der Waals surface area (Å²) in [6.07, 6.45) is 3.29. The highest BCUT2D eigenvalue weighted by Gasteiger charge is 1.98. The Morgan fingerprint density at radius 3 is 3.09 bits per heavy atom. The Labute approximate surface area is 71.4 Å². The van der Waals surface area contributed by atoms with Gasteiger partial charge in [0, 0.05) is 0 Å². The van der Waals surface area contributed by atoms with Crippen molar-refractivity contribution < 1.29 is 5.11 Å². The molecule has 1 N–H and O–H groups in total. The predicted molar refractivity (Wildman–Crippen MR) is 44.6 cm³/mol. The number of nitrogens with zero attached hydrogens (tertiary/aromatic N) is 2. The third kappa shape index (κ3) is 0.991. The average molecular weight is 213 g/mol. The third-order valence-corrected chi connectivity index (χ3v) is 2.03. The minimum absolute atomic E-state index is 0.233. The monoisotopic (exact) mass is 212 g/mol. The minimum atomic E-state index is 0.233. The van der Waals surface area contributed by atoms with E-state index in [0.29, 0.717) is 0 Å². The minimum Gasteiger partial charge on any atom is -0.506 e. The standard InChI is InChI=1S/C7H5BrN2O/c8-6-3-9-7-2-1-5(11)4-10(6)7/h1-4,11H. The first-order valence-electron chi connectivity index (χ1n) is 3.09. The van der Waals surface area contributed by atoms with E-state index in [4.69, 9.17) is 5.11 Å². The number of hydrogen-bond acceptors (Lipinski definition) is 2. The van der Waals surface area contributed by atoms with E-state index in [0.717, 1.165) is 10.3 Å². The van der Waals surface area contributed by atoms with E-state index in [2.05, 4.69) is 20.9 Å². The van der Waals surface area contributed by atoms with Gasteiger partial charge in [0.05, 0.1) is 12.4 Å². The molecule has 0 aliphatic rings. The van der Waals surface area contributed by atoms with Gasteiger partial charge in [-0.15, -0.1) is 0 Å². The molecule has 0 aromatic carbocycles. The van der Waals surface area contributed by atoms with Crippen LogP contribution in [0.3, 0.4) is 0 Å². The normalized spacial score (nSPS) is 10.6. The Hall–Kier alpha value is -1.03. The second kappa shape index (κ2) is 2.23. The molecule has 0 atom stereocenters. The van der Waals surface area contributed by atoms with Crippen molar-refractivity contribution in [2.24, 2.45) is 0 Å². The molecule has 3 nitrogen and oxygen atoms in total. The van der Waals surface area contributed by atoms with Crippen molar-refractivity contribution in [3.63, 3.8) is 0 Å². The lowest BCUT2D eigenvalue weighted by atomic mass is 10.4. The molecule has 0 saturated heterocycles. The number of hydrogen-bond donors (Lipinski definition) is 1. The molecule has 0 bridgehead atoms. The van der Waals surface area contributed by atoms with Crippen LogP contribution >= 0.6 is 15.9 Å². The van der Waals surface area contributed by atoms with Crippen LogP contribution in [0.1, 0.15) is 0 Å². The largest absolute Gasteiger partial charge is 0.506 e. The van der Waals surface area contributed by atoms with E-state index >= 15 is 0 Å². The lowest BCUT2D eigenvalue weighted by Gasteiger charge is -1.94. The molecular weight excluding hydrogens is 208 g/mol. The van der Waals surface area contributed by atoms with Crippen LogP contribution in [0.15, 0.2) is 29.1 Å². The maximum absolute atomic E-state index is 9.10. The van der Waals surface area contributed by atoms with E-state index in [1.807, 2.05) is 0 Å². The summed E-state index contributed by atoms with van der Waals surface area (Å²) in [4.78, 5) is 4.06. The maximum atomic E-state index is 9.10. The van der Waals surface area contributed by atoms with E-state index in [9.17, 15) is 0 Å². The molecule has 11 heavy (non-hydrogen) atoms. The Kier molecular flexibility index (Phi) is 1.35. The van der Waals surface area contributed by atoms with Crippen LogP contribution in [0, 0.1) is 0 Å². The smallest absolute Gasteiger partial charge is 0.137 e. The maximum Gasteiger partial charge on any atom is 0.137 e. The molecule has 0 aliphatic carbocycles. The molecule has 2 rings (SSSR count). The molecule has 0 spiro atoms. The quantitative estimate of drug-likeness (QED) is 0.724. The SMILES string of the molecule is Oc1ccc2ncc(Br)n2c1. The zero-order valence-electron chi connectivity index (χ0n) is 5.53. The average Bonchev–Trinajstić information content (AvgIpc) is 2.33. The summed E-state index contributed by atoms with van der Waals surface area (Å²) in [5.74, 6) is 0.233. The molecule has 0 fully saturated rings. The van der Waals surface area contributed by atoms with Crippen LogP contribution in [-0.4, -0.2) is 14.5 Å². The summed E-state index contributed by atoms with van der Waals surface area (Å²) in [5, 5.41) is 9.10. The topological polar surface area (TPSA) is 37.5 Å². The zero-order valence-corrected chi connectivity index (χ0v) is 7.12. The van der Waals surface area contributed by atoms with Gasteiger partial charge in [0.25, 0.3) is 0 Å². The van der Waals surface area contributed by atoms with Crippen molar-refractivity contribution in [3.8, 4) is 5.75 Å². The summed E-state index contributed by atoms with van der Waals surface area (Å²) >= 11 is 3.29. The van der Waals surface area contributed by atoms with Crippen molar-refractivity contribution in [2.45, 2.75) is 0 Å². The van der Waals surface area contributed by atoms with Crippen LogP contribution in [0.25, 0.3) is 5.65 Å². The van der Waals surface area contributed by atoms with E-state index in [-0.39, 0.29) is 5.75 Å². The Balaban J connectivity index is 2.87. The van der Waals surface area contributed by atoms with Gasteiger partial charge in [-0.3, -0.25) is 4.40 Å². The number of halogens is 1. The number of pyridine rings is 1. The Morgan fingerprint density at radius 1 is 1.45 bits per heavy atom. The molecule has 2 heterocycles. The molecule has 4 heteroatoms. The summed E-state index contributed by atoms with van der Waals surface area (Å²) < 4.78 is 2.60. The first kappa shape index (κ1) is 6.67. The highest BCUT2D eigenvalue weighted by molar-refractivity contribution is 9.10. The van der Waals surface area contributed by atoms with Crippen molar-refractivity contribution in [2.75, 3.05) is 0 Å². The second-order valence-electron chi connectivity index (χ2n) is 2.20. The van der Waals surface area contributed by atoms with Crippen molar-refractivity contribution in [1.82, 2.24) is 9.38 Å². The van der Waals surface area contributed by atoms with Gasteiger partial charge in [0.2, 0.25) is 0 Å². The van der Waals surface area contributed by atoms with Gasteiger partial charge in [-0.25, -0.2) is 4.98 Å². The molecule has 2 aromatic heterocycles. The molecule has 0 radical (unpaired) electrons. The fourth-order valence-electron chi connectivity index (χ4n) is 0.940. The van der Waals surface area contributed by atoms with Crippen LogP contribution in [0.4, 0.5) is 0 Å². The molecule has 56 valence electrons. The molecule has 0 unspecified atom stereocenters. The number of aromatic hydroxyl groups is 1. The molecule has 0 aliphatic heterocycles. The van der Waals surface area contributed by atoms with E-state index in [1.165, 1.54) is 0 Å². The summed E-state index contributed by atoms with van der Waals surface area (Å²) in [6.45, 7) is 0. The van der Waals surface area contributed by atoms with Gasteiger partial charge < -0.3 is 5.11 Å². The lowest BCUT2D eigenvalue weighted by Crippen LogP contribution is -1.82. The van der Waals surface area contributed by atoms with Crippen molar-refractivity contribution in [3.05, 3.63) is 29.1 Å². The molecule has 0 saturated carbocycles. The van der Waals surface area contributed by atoms with Crippen LogP contribution < -0.4 is 0 Å². The highest BCUT2D eigenvalue weighted by Crippen LogP contribution is 2.16. The van der Waals surface area contributed by atoms with Gasteiger partial charge in [-0.2, -0.15) is 0 Å². The lowest BCUT2D eigenvalue weighted by molar-refractivity contribution is 0.472. The van der Waals surface area contributed by atoms with Gasteiger partial charge in [-0.1, -0.05) is 0 Å². The predicted octanol–water partition coefficient (Wildman–Crippen LogP) is 1.80. The second-order valence-corrected chi connectivity index (χ2v) is 3.01. The number of imidazole rings is 1. The summed E-state index contributed by atoms with van der Waals surface area (Å²) in [7, 11) is 0. The first-order valence-corrected chi connectivity index (χ1v) is 3.88. The summed E-state index contributed by atoms with van der Waals surface area (Å²) in [6, 6.07) is 3.36. The van der Waals surface area contributed by atoms with Gasteiger partial charge in [0.15, 0.2) is 0 Å². The first-order chi connectivity index (χ1) is 5.27. The van der Waals surface area contributed by atoms with Crippen LogP contribution in [-0.2, 0) is 0 Å². The van der Waals surface area contributed by atoms with Gasteiger partial charge in [-0.05, 0) is 28.1 Å². The van der Waals surface area contributed by atoms with E-state index in [1.54, 1.807) is 28.9 Å². The molecule has 2 aromatic rings. The van der Waals surface area contributed by atoms with Crippen molar-refractivity contribution >= 4 is 21.6 Å². The Bertz CT molecular complexity index is 396. The number of rotatable bonds is 0. The summed E-state index contributed by atoms with van der Waals surface area (Å²) in [5.41, 5.74) is 0.815. The highest BCUT2D eigenvalue weighted by atomic mass is 79.9. The van der Waals surface area contributed by atoms with Gasteiger partial charge >= 0.3 is 0 Å². The van der Waals surface area contributed by atoms with Crippen LogP contribution in [0.2, 0.25) is 0 Å². The number of aromatic nitrogens is 2. The number of fused-ring (bicyclic) bond motifs is 1. The fourth-order valence-corrected chi connectivity index (χ4v) is 1.33. The fraction of sp³-hybridized carbons (Fsp3) is 0.